The number of hydrogen-bond donors (Lipinski definition) is 2. The van der Waals surface area contributed by atoms with Gasteiger partial charge in [0.25, 0.3) is 0 Å². The number of piperidine rings is 1. The third-order valence-electron chi connectivity index (χ3n) is 3.74. The van der Waals surface area contributed by atoms with E-state index in [2.05, 4.69) is 20.8 Å². The molecule has 118 valence electrons. The average Bonchev–Trinajstić information content (AvgIpc) is 3.03. The summed E-state index contributed by atoms with van der Waals surface area (Å²) >= 11 is 0. The van der Waals surface area contributed by atoms with Gasteiger partial charge >= 0.3 is 0 Å². The molecule has 0 spiro atoms. The van der Waals surface area contributed by atoms with Crippen LogP contribution in [0.4, 0.5) is 0 Å². The van der Waals surface area contributed by atoms with Crippen LogP contribution in [0.1, 0.15) is 18.7 Å². The minimum absolute atomic E-state index is 0. The van der Waals surface area contributed by atoms with E-state index < -0.39 is 0 Å². The minimum atomic E-state index is 0. The fraction of sp³-hybridized carbons (Fsp3) is 0.400. The lowest BCUT2D eigenvalue weighted by molar-refractivity contribution is -0.125. The van der Waals surface area contributed by atoms with Gasteiger partial charge < -0.3 is 10.6 Å². The van der Waals surface area contributed by atoms with Crippen molar-refractivity contribution >= 4 is 18.3 Å². The first-order valence-electron chi connectivity index (χ1n) is 7.27. The van der Waals surface area contributed by atoms with Crippen molar-refractivity contribution in [3.63, 3.8) is 0 Å². The first kappa shape index (κ1) is 16.5. The van der Waals surface area contributed by atoms with E-state index in [0.29, 0.717) is 6.54 Å². The van der Waals surface area contributed by atoms with E-state index in [1.165, 1.54) is 0 Å². The molecule has 7 heteroatoms. The molecule has 0 bridgehead atoms. The van der Waals surface area contributed by atoms with Crippen LogP contribution in [0.5, 0.6) is 0 Å². The number of carbonyl (C=O) groups excluding carboxylic acids is 1. The van der Waals surface area contributed by atoms with Crippen LogP contribution in [-0.4, -0.2) is 33.8 Å². The molecule has 22 heavy (non-hydrogen) atoms. The van der Waals surface area contributed by atoms with E-state index in [4.69, 9.17) is 0 Å². The Hall–Kier alpha value is -1.92. The second kappa shape index (κ2) is 7.91. The highest BCUT2D eigenvalue weighted by Crippen LogP contribution is 2.11. The standard InChI is InChI=1S/C15H19N5O.ClH/c21-15(12-5-4-8-16-9-12)17-10-14-19-18-11-20(14)13-6-2-1-3-7-13;/h1-3,6-7,11-12,16H,4-5,8-10H2,(H,17,21);1H. The molecule has 6 nitrogen and oxygen atoms in total. The molecule has 1 atom stereocenters. The summed E-state index contributed by atoms with van der Waals surface area (Å²) in [5, 5.41) is 14.2. The van der Waals surface area contributed by atoms with Gasteiger partial charge in [0, 0.05) is 12.2 Å². The lowest BCUT2D eigenvalue weighted by Crippen LogP contribution is -2.40. The molecular weight excluding hydrogens is 302 g/mol. The van der Waals surface area contributed by atoms with Crippen LogP contribution >= 0.6 is 12.4 Å². The van der Waals surface area contributed by atoms with Crippen molar-refractivity contribution in [2.45, 2.75) is 19.4 Å². The van der Waals surface area contributed by atoms with Gasteiger partial charge in [0.2, 0.25) is 5.91 Å². The Kier molecular flexibility index (Phi) is 5.91. The molecule has 1 aliphatic heterocycles. The van der Waals surface area contributed by atoms with Gasteiger partial charge in [-0.15, -0.1) is 22.6 Å². The monoisotopic (exact) mass is 321 g/mol. The van der Waals surface area contributed by atoms with Crippen molar-refractivity contribution in [2.24, 2.45) is 5.92 Å². The van der Waals surface area contributed by atoms with Gasteiger partial charge in [-0.3, -0.25) is 9.36 Å². The second-order valence-corrected chi connectivity index (χ2v) is 5.21. The van der Waals surface area contributed by atoms with Crippen molar-refractivity contribution in [3.05, 3.63) is 42.5 Å². The maximum absolute atomic E-state index is 12.1. The minimum Gasteiger partial charge on any atom is -0.349 e. The van der Waals surface area contributed by atoms with Crippen LogP contribution in [0, 0.1) is 5.92 Å². The molecule has 1 fully saturated rings. The number of amides is 1. The van der Waals surface area contributed by atoms with Gasteiger partial charge in [-0.25, -0.2) is 0 Å². The number of benzene rings is 1. The van der Waals surface area contributed by atoms with Crippen molar-refractivity contribution in [1.29, 1.82) is 0 Å². The van der Waals surface area contributed by atoms with E-state index in [1.807, 2.05) is 34.9 Å². The Morgan fingerprint density at radius 2 is 2.18 bits per heavy atom. The first-order chi connectivity index (χ1) is 10.3. The maximum Gasteiger partial charge on any atom is 0.224 e. The molecule has 2 aromatic rings. The number of nitrogens with zero attached hydrogens (tertiary/aromatic N) is 3. The van der Waals surface area contributed by atoms with Crippen molar-refractivity contribution in [3.8, 4) is 5.69 Å². The van der Waals surface area contributed by atoms with E-state index >= 15 is 0 Å². The fourth-order valence-corrected chi connectivity index (χ4v) is 2.57. The van der Waals surface area contributed by atoms with Gasteiger partial charge in [-0.1, -0.05) is 18.2 Å². The topological polar surface area (TPSA) is 71.8 Å². The van der Waals surface area contributed by atoms with Crippen LogP contribution in [0.2, 0.25) is 0 Å². The maximum atomic E-state index is 12.1. The van der Waals surface area contributed by atoms with Gasteiger partial charge in [0.1, 0.15) is 6.33 Å². The Morgan fingerprint density at radius 1 is 1.36 bits per heavy atom. The molecule has 1 unspecified atom stereocenters. The lowest BCUT2D eigenvalue weighted by Gasteiger charge is -2.21. The van der Waals surface area contributed by atoms with E-state index in [1.54, 1.807) is 6.33 Å². The highest BCUT2D eigenvalue weighted by atomic mass is 35.5. The third kappa shape index (κ3) is 3.84. The quantitative estimate of drug-likeness (QED) is 0.890. The zero-order valence-electron chi connectivity index (χ0n) is 12.2. The smallest absolute Gasteiger partial charge is 0.224 e. The summed E-state index contributed by atoms with van der Waals surface area (Å²) in [6.07, 6.45) is 3.67. The van der Waals surface area contributed by atoms with Gasteiger partial charge in [0.15, 0.2) is 5.82 Å². The second-order valence-electron chi connectivity index (χ2n) is 5.21. The highest BCUT2D eigenvalue weighted by molar-refractivity contribution is 5.85. The number of halogens is 1. The highest BCUT2D eigenvalue weighted by Gasteiger charge is 2.21. The normalized spacial score (nSPS) is 17.5. The zero-order valence-corrected chi connectivity index (χ0v) is 13.1. The van der Waals surface area contributed by atoms with E-state index in [0.717, 1.165) is 37.4 Å². The lowest BCUT2D eigenvalue weighted by atomic mass is 9.99. The number of rotatable bonds is 4. The molecule has 0 aliphatic carbocycles. The number of para-hydroxylation sites is 1. The van der Waals surface area contributed by atoms with Crippen LogP contribution in [0.15, 0.2) is 36.7 Å². The molecule has 0 radical (unpaired) electrons. The number of nitrogens with one attached hydrogen (secondary N) is 2. The summed E-state index contributed by atoms with van der Waals surface area (Å²) < 4.78 is 1.89. The van der Waals surface area contributed by atoms with Crippen molar-refractivity contribution in [2.75, 3.05) is 13.1 Å². The summed E-state index contributed by atoms with van der Waals surface area (Å²) in [6.45, 7) is 2.16. The van der Waals surface area contributed by atoms with Crippen LogP contribution < -0.4 is 10.6 Å². The van der Waals surface area contributed by atoms with Crippen LogP contribution in [0.3, 0.4) is 0 Å². The van der Waals surface area contributed by atoms with E-state index in [9.17, 15) is 4.79 Å². The first-order valence-corrected chi connectivity index (χ1v) is 7.27. The molecule has 1 saturated heterocycles. The third-order valence-corrected chi connectivity index (χ3v) is 3.74. The molecule has 2 heterocycles. The number of hydrogen-bond acceptors (Lipinski definition) is 4. The predicted molar refractivity (Wildman–Crippen MR) is 86.0 cm³/mol. The molecule has 1 aliphatic rings. The Bertz CT molecular complexity index is 595. The van der Waals surface area contributed by atoms with Crippen LogP contribution in [-0.2, 0) is 11.3 Å². The largest absolute Gasteiger partial charge is 0.349 e. The molecule has 1 aromatic carbocycles. The van der Waals surface area contributed by atoms with Crippen LogP contribution in [0.25, 0.3) is 5.69 Å². The molecule has 3 rings (SSSR count). The summed E-state index contributed by atoms with van der Waals surface area (Å²) in [4.78, 5) is 12.1. The van der Waals surface area contributed by atoms with E-state index in [-0.39, 0.29) is 24.2 Å². The summed E-state index contributed by atoms with van der Waals surface area (Å²) in [5.41, 5.74) is 0.992. The molecule has 0 saturated carbocycles. The number of aromatic nitrogens is 3. The average molecular weight is 322 g/mol. The van der Waals surface area contributed by atoms with Gasteiger partial charge in [-0.2, -0.15) is 0 Å². The molecule has 1 aromatic heterocycles. The fourth-order valence-electron chi connectivity index (χ4n) is 2.57. The SMILES string of the molecule is Cl.O=C(NCc1nncn1-c1ccccc1)C1CCCNC1. The summed E-state index contributed by atoms with van der Waals surface area (Å²) in [7, 11) is 0. The summed E-state index contributed by atoms with van der Waals surface area (Å²) in [5.74, 6) is 0.884. The molecule has 1 amide bonds. The molecule has 2 N–H and O–H groups in total. The zero-order chi connectivity index (χ0) is 14.5. The van der Waals surface area contributed by atoms with Gasteiger partial charge in [-0.05, 0) is 31.5 Å². The summed E-state index contributed by atoms with van der Waals surface area (Å²) in [6, 6.07) is 9.86. The Morgan fingerprint density at radius 3 is 2.91 bits per heavy atom. The Balaban J connectivity index is 0.00000176. The molecular formula is C15H20ClN5O. The van der Waals surface area contributed by atoms with Gasteiger partial charge in [0.05, 0.1) is 12.5 Å². The van der Waals surface area contributed by atoms with Crippen molar-refractivity contribution < 1.29 is 4.79 Å². The van der Waals surface area contributed by atoms with Crippen molar-refractivity contribution in [1.82, 2.24) is 25.4 Å². The predicted octanol–water partition coefficient (Wildman–Crippen LogP) is 1.30. The number of carbonyl (C=O) groups is 1. The Labute approximate surface area is 135 Å².